The van der Waals surface area contributed by atoms with E-state index in [0.29, 0.717) is 5.56 Å². The zero-order valence-electron chi connectivity index (χ0n) is 9.26. The Morgan fingerprint density at radius 3 is 2.44 bits per heavy atom. The van der Waals surface area contributed by atoms with Gasteiger partial charge in [0.25, 0.3) is 0 Å². The molecule has 0 aliphatic rings. The standard InChI is InChI=1S/C14H8ClNO2/c15-12-8-4-7-11(13(12)16-9-17)14(18)10-5-2-1-3-6-10/h1-8H. The molecule has 0 fully saturated rings. The fourth-order valence-corrected chi connectivity index (χ4v) is 1.82. The molecule has 4 heteroatoms. The second kappa shape index (κ2) is 5.41. The highest BCUT2D eigenvalue weighted by Gasteiger charge is 2.15. The lowest BCUT2D eigenvalue weighted by atomic mass is 10.0. The average molecular weight is 258 g/mol. The first-order valence-corrected chi connectivity index (χ1v) is 5.58. The topological polar surface area (TPSA) is 46.5 Å². The van der Waals surface area contributed by atoms with Crippen LogP contribution in [0.4, 0.5) is 5.69 Å². The SMILES string of the molecule is O=C=Nc1c(Cl)cccc1C(=O)c1ccccc1. The van der Waals surface area contributed by atoms with Gasteiger partial charge in [-0.15, -0.1) is 0 Å². The van der Waals surface area contributed by atoms with Crippen LogP contribution in [-0.4, -0.2) is 11.9 Å². The van der Waals surface area contributed by atoms with Crippen molar-refractivity contribution >= 4 is 29.2 Å². The van der Waals surface area contributed by atoms with Gasteiger partial charge in [-0.3, -0.25) is 4.79 Å². The second-order valence-electron chi connectivity index (χ2n) is 3.53. The summed E-state index contributed by atoms with van der Waals surface area (Å²) in [6.45, 7) is 0. The Kier molecular flexibility index (Phi) is 3.68. The third kappa shape index (κ3) is 2.38. The minimum atomic E-state index is -0.230. The maximum absolute atomic E-state index is 12.2. The molecule has 88 valence electrons. The molecule has 0 saturated heterocycles. The monoisotopic (exact) mass is 257 g/mol. The van der Waals surface area contributed by atoms with Crippen LogP contribution in [0.15, 0.2) is 53.5 Å². The highest BCUT2D eigenvalue weighted by Crippen LogP contribution is 2.30. The molecule has 0 radical (unpaired) electrons. The van der Waals surface area contributed by atoms with Gasteiger partial charge in [-0.1, -0.05) is 48.0 Å². The van der Waals surface area contributed by atoms with Crippen LogP contribution in [0.1, 0.15) is 15.9 Å². The molecular formula is C14H8ClNO2. The van der Waals surface area contributed by atoms with E-state index in [1.807, 2.05) is 6.07 Å². The van der Waals surface area contributed by atoms with Crippen LogP contribution in [0, 0.1) is 0 Å². The van der Waals surface area contributed by atoms with E-state index in [4.69, 9.17) is 11.6 Å². The molecule has 0 N–H and O–H groups in total. The number of benzene rings is 2. The lowest BCUT2D eigenvalue weighted by Gasteiger charge is -2.05. The summed E-state index contributed by atoms with van der Waals surface area (Å²) in [7, 11) is 0. The number of aliphatic imine (C=N–C) groups is 1. The van der Waals surface area contributed by atoms with Crippen LogP contribution in [0.2, 0.25) is 5.02 Å². The van der Waals surface area contributed by atoms with E-state index in [2.05, 4.69) is 4.99 Å². The van der Waals surface area contributed by atoms with E-state index in [0.717, 1.165) is 0 Å². The third-order valence-electron chi connectivity index (χ3n) is 2.42. The van der Waals surface area contributed by atoms with Crippen molar-refractivity contribution in [1.82, 2.24) is 0 Å². The van der Waals surface area contributed by atoms with E-state index >= 15 is 0 Å². The number of hydrogen-bond donors (Lipinski definition) is 0. The minimum Gasteiger partial charge on any atom is -0.289 e. The molecular weight excluding hydrogens is 250 g/mol. The van der Waals surface area contributed by atoms with E-state index in [1.54, 1.807) is 42.5 Å². The van der Waals surface area contributed by atoms with Crippen molar-refractivity contribution in [3.63, 3.8) is 0 Å². The van der Waals surface area contributed by atoms with Crippen LogP contribution in [0.25, 0.3) is 0 Å². The summed E-state index contributed by atoms with van der Waals surface area (Å²) in [4.78, 5) is 26.1. The lowest BCUT2D eigenvalue weighted by Crippen LogP contribution is -2.01. The smallest absolute Gasteiger partial charge is 0.240 e. The third-order valence-corrected chi connectivity index (χ3v) is 2.73. The molecule has 0 amide bonds. The highest BCUT2D eigenvalue weighted by atomic mass is 35.5. The predicted octanol–water partition coefficient (Wildman–Crippen LogP) is 3.54. The molecule has 18 heavy (non-hydrogen) atoms. The van der Waals surface area contributed by atoms with Crippen molar-refractivity contribution in [2.45, 2.75) is 0 Å². The number of para-hydroxylation sites is 1. The van der Waals surface area contributed by atoms with Gasteiger partial charge in [-0.2, -0.15) is 4.99 Å². The van der Waals surface area contributed by atoms with Crippen molar-refractivity contribution in [3.05, 3.63) is 64.7 Å². The predicted molar refractivity (Wildman–Crippen MR) is 69.1 cm³/mol. The van der Waals surface area contributed by atoms with Crippen LogP contribution >= 0.6 is 11.6 Å². The fourth-order valence-electron chi connectivity index (χ4n) is 1.60. The second-order valence-corrected chi connectivity index (χ2v) is 3.94. The van der Waals surface area contributed by atoms with Gasteiger partial charge in [-0.05, 0) is 12.1 Å². The summed E-state index contributed by atoms with van der Waals surface area (Å²) in [5.41, 5.74) is 0.960. The van der Waals surface area contributed by atoms with Gasteiger partial charge in [-0.25, -0.2) is 4.79 Å². The molecule has 2 aromatic carbocycles. The van der Waals surface area contributed by atoms with Gasteiger partial charge in [0.1, 0.15) is 5.69 Å². The molecule has 0 aromatic heterocycles. The Morgan fingerprint density at radius 2 is 1.78 bits per heavy atom. The van der Waals surface area contributed by atoms with Gasteiger partial charge in [0, 0.05) is 5.56 Å². The first-order valence-electron chi connectivity index (χ1n) is 5.20. The molecule has 2 rings (SSSR count). The summed E-state index contributed by atoms with van der Waals surface area (Å²) in [5.74, 6) is -0.230. The summed E-state index contributed by atoms with van der Waals surface area (Å²) >= 11 is 5.91. The number of isocyanates is 1. The number of rotatable bonds is 3. The molecule has 0 aliphatic heterocycles. The number of nitrogens with zero attached hydrogens (tertiary/aromatic N) is 1. The molecule has 0 spiro atoms. The van der Waals surface area contributed by atoms with E-state index in [1.165, 1.54) is 6.08 Å². The van der Waals surface area contributed by atoms with E-state index in [9.17, 15) is 9.59 Å². The fraction of sp³-hybridized carbons (Fsp3) is 0. The van der Waals surface area contributed by atoms with Gasteiger partial charge in [0.05, 0.1) is 10.6 Å². The van der Waals surface area contributed by atoms with Crippen LogP contribution in [-0.2, 0) is 4.79 Å². The Morgan fingerprint density at radius 1 is 1.06 bits per heavy atom. The van der Waals surface area contributed by atoms with Crippen LogP contribution < -0.4 is 0 Å². The van der Waals surface area contributed by atoms with E-state index in [-0.39, 0.29) is 22.1 Å². The van der Waals surface area contributed by atoms with Crippen LogP contribution in [0.3, 0.4) is 0 Å². The molecule has 2 aromatic rings. The average Bonchev–Trinajstić information content (AvgIpc) is 2.41. The van der Waals surface area contributed by atoms with E-state index < -0.39 is 0 Å². The van der Waals surface area contributed by atoms with Crippen molar-refractivity contribution in [2.75, 3.05) is 0 Å². The zero-order valence-corrected chi connectivity index (χ0v) is 10.0. The molecule has 3 nitrogen and oxygen atoms in total. The number of hydrogen-bond acceptors (Lipinski definition) is 3. The summed E-state index contributed by atoms with van der Waals surface area (Å²) in [6.07, 6.45) is 1.41. The quantitative estimate of drug-likeness (QED) is 0.480. The molecule has 0 bridgehead atoms. The Bertz CT molecular complexity index is 631. The van der Waals surface area contributed by atoms with Gasteiger partial charge >= 0.3 is 0 Å². The maximum atomic E-state index is 12.2. The highest BCUT2D eigenvalue weighted by molar-refractivity contribution is 6.34. The Hall–Kier alpha value is -2.22. The van der Waals surface area contributed by atoms with Gasteiger partial charge < -0.3 is 0 Å². The minimum absolute atomic E-state index is 0.156. The zero-order chi connectivity index (χ0) is 13.0. The number of ketones is 1. The largest absolute Gasteiger partial charge is 0.289 e. The Balaban J connectivity index is 2.55. The van der Waals surface area contributed by atoms with Gasteiger partial charge in [0.2, 0.25) is 6.08 Å². The molecule has 0 saturated carbocycles. The van der Waals surface area contributed by atoms with Crippen molar-refractivity contribution in [1.29, 1.82) is 0 Å². The maximum Gasteiger partial charge on any atom is 0.240 e. The number of carbonyl (C=O) groups is 1. The molecule has 0 atom stereocenters. The first kappa shape index (κ1) is 12.2. The number of carbonyl (C=O) groups excluding carboxylic acids is 2. The van der Waals surface area contributed by atoms with Crippen LogP contribution in [0.5, 0.6) is 0 Å². The number of halogens is 1. The lowest BCUT2D eigenvalue weighted by molar-refractivity contribution is 0.103. The van der Waals surface area contributed by atoms with Crippen molar-refractivity contribution in [2.24, 2.45) is 4.99 Å². The first-order chi connectivity index (χ1) is 8.74. The van der Waals surface area contributed by atoms with Crippen molar-refractivity contribution < 1.29 is 9.59 Å². The van der Waals surface area contributed by atoms with Gasteiger partial charge in [0.15, 0.2) is 5.78 Å². The summed E-state index contributed by atoms with van der Waals surface area (Å²) in [5, 5.41) is 0.250. The van der Waals surface area contributed by atoms with Crippen molar-refractivity contribution in [3.8, 4) is 0 Å². The molecule has 0 unspecified atom stereocenters. The molecule has 0 heterocycles. The summed E-state index contributed by atoms with van der Waals surface area (Å²) in [6, 6.07) is 13.5. The Labute approximate surface area is 109 Å². The normalized spacial score (nSPS) is 9.61. The summed E-state index contributed by atoms with van der Waals surface area (Å²) < 4.78 is 0. The molecule has 0 aliphatic carbocycles.